The Bertz CT molecular complexity index is 457. The van der Waals surface area contributed by atoms with Crippen LogP contribution in [0.1, 0.15) is 51.9 Å². The Hall–Kier alpha value is -0.660. The Labute approximate surface area is 120 Å². The summed E-state index contributed by atoms with van der Waals surface area (Å²) in [5, 5.41) is 9.04. The minimum Gasteiger partial charge on any atom is -0.481 e. The molecule has 1 atom stereocenters. The van der Waals surface area contributed by atoms with Crippen LogP contribution in [-0.2, 0) is 15.0 Å². The Morgan fingerprint density at radius 2 is 2.00 bits per heavy atom. The molecule has 2 aliphatic rings. The molecule has 7 heteroatoms. The SMILES string of the molecule is CC1CCCN(S(=O)(=O)NC2(CC(=O)O)CCCC2)C1. The fraction of sp³-hybridized carbons (Fsp3) is 0.923. The largest absolute Gasteiger partial charge is 0.481 e. The third-order valence-corrected chi connectivity index (χ3v) is 6.06. The lowest BCUT2D eigenvalue weighted by Gasteiger charge is -2.35. The highest BCUT2D eigenvalue weighted by Crippen LogP contribution is 2.34. The highest BCUT2D eigenvalue weighted by Gasteiger charge is 2.41. The molecule has 0 bridgehead atoms. The van der Waals surface area contributed by atoms with Crippen molar-refractivity contribution >= 4 is 16.2 Å². The minimum absolute atomic E-state index is 0.129. The fourth-order valence-corrected chi connectivity index (χ4v) is 5.13. The number of nitrogens with one attached hydrogen (secondary N) is 1. The topological polar surface area (TPSA) is 86.7 Å². The number of carbonyl (C=O) groups is 1. The van der Waals surface area contributed by atoms with Crippen molar-refractivity contribution in [3.05, 3.63) is 0 Å². The van der Waals surface area contributed by atoms with Crippen LogP contribution < -0.4 is 4.72 Å². The molecular formula is C13H24N2O4S. The number of carboxylic acids is 1. The first-order valence-electron chi connectivity index (χ1n) is 7.34. The predicted molar refractivity (Wildman–Crippen MR) is 75.5 cm³/mol. The van der Waals surface area contributed by atoms with Crippen molar-refractivity contribution in [2.24, 2.45) is 5.92 Å². The highest BCUT2D eigenvalue weighted by molar-refractivity contribution is 7.87. The third kappa shape index (κ3) is 3.71. The van der Waals surface area contributed by atoms with Crippen LogP contribution in [0.15, 0.2) is 0 Å². The molecule has 0 aromatic rings. The number of rotatable bonds is 5. The van der Waals surface area contributed by atoms with E-state index in [9.17, 15) is 13.2 Å². The fourth-order valence-electron chi connectivity index (χ4n) is 3.36. The van der Waals surface area contributed by atoms with E-state index in [1.165, 1.54) is 4.31 Å². The van der Waals surface area contributed by atoms with E-state index in [-0.39, 0.29) is 6.42 Å². The van der Waals surface area contributed by atoms with Crippen LogP contribution in [0.2, 0.25) is 0 Å². The Kier molecular flexibility index (Phi) is 4.71. The van der Waals surface area contributed by atoms with Gasteiger partial charge < -0.3 is 5.11 Å². The maximum atomic E-state index is 12.5. The standard InChI is InChI=1S/C13H24N2O4S/c1-11-5-4-8-15(10-11)20(18,19)14-13(9-12(16)17)6-2-3-7-13/h11,14H,2-10H2,1H3,(H,16,17). The Balaban J connectivity index is 2.10. The number of hydrogen-bond acceptors (Lipinski definition) is 3. The van der Waals surface area contributed by atoms with E-state index >= 15 is 0 Å². The molecule has 0 spiro atoms. The molecule has 116 valence electrons. The molecule has 6 nitrogen and oxygen atoms in total. The van der Waals surface area contributed by atoms with Gasteiger partial charge in [0.1, 0.15) is 0 Å². The highest BCUT2D eigenvalue weighted by atomic mass is 32.2. The molecule has 1 unspecified atom stereocenters. The van der Waals surface area contributed by atoms with Crippen LogP contribution in [0, 0.1) is 5.92 Å². The van der Waals surface area contributed by atoms with Crippen LogP contribution in [0.25, 0.3) is 0 Å². The molecule has 20 heavy (non-hydrogen) atoms. The van der Waals surface area contributed by atoms with Crippen LogP contribution in [0.4, 0.5) is 0 Å². The predicted octanol–water partition coefficient (Wildman–Crippen LogP) is 1.34. The summed E-state index contributed by atoms with van der Waals surface area (Å²) in [7, 11) is -3.58. The molecule has 0 radical (unpaired) electrons. The van der Waals surface area contributed by atoms with Gasteiger partial charge in [-0.15, -0.1) is 0 Å². The summed E-state index contributed by atoms with van der Waals surface area (Å²) < 4.78 is 29.2. The average molecular weight is 304 g/mol. The second kappa shape index (κ2) is 5.99. The summed E-state index contributed by atoms with van der Waals surface area (Å²) in [6, 6.07) is 0. The van der Waals surface area contributed by atoms with Crippen molar-refractivity contribution in [1.29, 1.82) is 0 Å². The number of hydrogen-bond donors (Lipinski definition) is 2. The lowest BCUT2D eigenvalue weighted by Crippen LogP contribution is -2.54. The van der Waals surface area contributed by atoms with Gasteiger partial charge >= 0.3 is 5.97 Å². The quantitative estimate of drug-likeness (QED) is 0.802. The molecule has 0 aromatic heterocycles. The zero-order valence-electron chi connectivity index (χ0n) is 12.0. The van der Waals surface area contributed by atoms with Gasteiger partial charge in [-0.3, -0.25) is 4.79 Å². The van der Waals surface area contributed by atoms with Gasteiger partial charge in [-0.2, -0.15) is 17.4 Å². The van der Waals surface area contributed by atoms with E-state index in [4.69, 9.17) is 5.11 Å². The zero-order valence-corrected chi connectivity index (χ0v) is 12.8. The van der Waals surface area contributed by atoms with E-state index < -0.39 is 21.7 Å². The summed E-state index contributed by atoms with van der Waals surface area (Å²) >= 11 is 0. The summed E-state index contributed by atoms with van der Waals surface area (Å²) in [5.41, 5.74) is -0.786. The normalized spacial score (nSPS) is 27.6. The van der Waals surface area contributed by atoms with Crippen molar-refractivity contribution < 1.29 is 18.3 Å². The first kappa shape index (κ1) is 15.7. The van der Waals surface area contributed by atoms with Gasteiger partial charge in [-0.25, -0.2) is 0 Å². The first-order valence-corrected chi connectivity index (χ1v) is 8.78. The van der Waals surface area contributed by atoms with Crippen LogP contribution in [0.5, 0.6) is 0 Å². The third-order valence-electron chi connectivity index (χ3n) is 4.36. The number of aliphatic carboxylic acids is 1. The lowest BCUT2D eigenvalue weighted by atomic mass is 9.95. The average Bonchev–Trinajstić information content (AvgIpc) is 2.75. The van der Waals surface area contributed by atoms with Crippen molar-refractivity contribution in [2.45, 2.75) is 57.4 Å². The summed E-state index contributed by atoms with van der Waals surface area (Å²) in [4.78, 5) is 11.0. The molecule has 0 aromatic carbocycles. The van der Waals surface area contributed by atoms with Crippen LogP contribution in [0.3, 0.4) is 0 Å². The van der Waals surface area contributed by atoms with E-state index in [2.05, 4.69) is 4.72 Å². The van der Waals surface area contributed by atoms with Crippen LogP contribution in [-0.4, -0.2) is 42.4 Å². The van der Waals surface area contributed by atoms with E-state index in [0.717, 1.165) is 25.7 Å². The minimum atomic E-state index is -3.58. The van der Waals surface area contributed by atoms with E-state index in [1.54, 1.807) is 0 Å². The van der Waals surface area contributed by atoms with Gasteiger partial charge in [0.25, 0.3) is 10.2 Å². The van der Waals surface area contributed by atoms with Crippen LogP contribution >= 0.6 is 0 Å². The molecular weight excluding hydrogens is 280 g/mol. The maximum Gasteiger partial charge on any atom is 0.305 e. The van der Waals surface area contributed by atoms with Crippen molar-refractivity contribution in [2.75, 3.05) is 13.1 Å². The molecule has 0 amide bonds. The molecule has 2 N–H and O–H groups in total. The monoisotopic (exact) mass is 304 g/mol. The second-order valence-electron chi connectivity index (χ2n) is 6.27. The molecule has 1 heterocycles. The van der Waals surface area contributed by atoms with E-state index in [0.29, 0.717) is 31.8 Å². The Morgan fingerprint density at radius 3 is 2.55 bits per heavy atom. The second-order valence-corrected chi connectivity index (χ2v) is 7.94. The summed E-state index contributed by atoms with van der Waals surface area (Å²) in [6.45, 7) is 3.10. The molecule has 2 fully saturated rings. The van der Waals surface area contributed by atoms with Crippen molar-refractivity contribution in [3.63, 3.8) is 0 Å². The van der Waals surface area contributed by atoms with Gasteiger partial charge in [0.2, 0.25) is 0 Å². The molecule has 1 saturated heterocycles. The number of carboxylic acid groups (broad SMARTS) is 1. The Morgan fingerprint density at radius 1 is 1.35 bits per heavy atom. The zero-order chi connectivity index (χ0) is 14.8. The number of piperidine rings is 1. The molecule has 1 saturated carbocycles. The number of nitrogens with zero attached hydrogens (tertiary/aromatic N) is 1. The molecule has 1 aliphatic heterocycles. The van der Waals surface area contributed by atoms with Crippen molar-refractivity contribution in [1.82, 2.24) is 9.03 Å². The summed E-state index contributed by atoms with van der Waals surface area (Å²) in [6.07, 6.45) is 4.78. The first-order chi connectivity index (χ1) is 9.33. The van der Waals surface area contributed by atoms with Gasteiger partial charge in [-0.05, 0) is 31.6 Å². The van der Waals surface area contributed by atoms with Gasteiger partial charge in [0, 0.05) is 18.6 Å². The van der Waals surface area contributed by atoms with Crippen molar-refractivity contribution in [3.8, 4) is 0 Å². The van der Waals surface area contributed by atoms with Gasteiger partial charge in [-0.1, -0.05) is 19.8 Å². The molecule has 1 aliphatic carbocycles. The van der Waals surface area contributed by atoms with E-state index in [1.807, 2.05) is 6.92 Å². The molecule has 2 rings (SSSR count). The maximum absolute atomic E-state index is 12.5. The summed E-state index contributed by atoms with van der Waals surface area (Å²) in [5.74, 6) is -0.582. The smallest absolute Gasteiger partial charge is 0.305 e. The lowest BCUT2D eigenvalue weighted by molar-refractivity contribution is -0.138. The van der Waals surface area contributed by atoms with Gasteiger partial charge in [0.05, 0.1) is 6.42 Å². The van der Waals surface area contributed by atoms with Gasteiger partial charge in [0.15, 0.2) is 0 Å².